The zero-order valence-corrected chi connectivity index (χ0v) is 17.9. The summed E-state index contributed by atoms with van der Waals surface area (Å²) in [6, 6.07) is 15.4. The number of ether oxygens (including phenoxy) is 2. The van der Waals surface area contributed by atoms with Crippen LogP contribution in [-0.2, 0) is 11.8 Å². The maximum atomic E-state index is 12.8. The number of aromatic nitrogens is 4. The maximum absolute atomic E-state index is 12.8. The average Bonchev–Trinajstić information content (AvgIpc) is 3.46. The molecule has 4 aromatic rings. The van der Waals surface area contributed by atoms with Crippen LogP contribution in [0.1, 0.15) is 22.3 Å². The number of aryl methyl sites for hydroxylation is 1. The fourth-order valence-corrected chi connectivity index (χ4v) is 3.81. The third-order valence-electron chi connectivity index (χ3n) is 5.49. The SMILES string of the molecule is COc1ccc(Nc2cccc3nc([C@@H]4CN(C(=O)c5ccn(C)n5)CCO4)cn23)cc1. The predicted octanol–water partition coefficient (Wildman–Crippen LogP) is 3.03. The van der Waals surface area contributed by atoms with Crippen molar-refractivity contribution in [1.82, 2.24) is 24.1 Å². The van der Waals surface area contributed by atoms with Gasteiger partial charge in [-0.15, -0.1) is 0 Å². The van der Waals surface area contributed by atoms with E-state index < -0.39 is 0 Å². The molecular formula is C23H24N6O3. The van der Waals surface area contributed by atoms with E-state index in [1.807, 2.05) is 53.1 Å². The van der Waals surface area contributed by atoms with Crippen LogP contribution in [0.5, 0.6) is 5.75 Å². The predicted molar refractivity (Wildman–Crippen MR) is 119 cm³/mol. The number of nitrogens with zero attached hydrogens (tertiary/aromatic N) is 5. The topological polar surface area (TPSA) is 85.9 Å². The number of rotatable bonds is 5. The normalized spacial score (nSPS) is 16.3. The number of imidazole rings is 1. The average molecular weight is 432 g/mol. The highest BCUT2D eigenvalue weighted by Gasteiger charge is 2.29. The lowest BCUT2D eigenvalue weighted by Crippen LogP contribution is -2.42. The Hall–Kier alpha value is -3.85. The Morgan fingerprint density at radius 3 is 2.78 bits per heavy atom. The number of fused-ring (bicyclic) bond motifs is 1. The minimum absolute atomic E-state index is 0.0930. The van der Waals surface area contributed by atoms with E-state index in [0.29, 0.717) is 25.4 Å². The number of amides is 1. The lowest BCUT2D eigenvalue weighted by atomic mass is 10.2. The van der Waals surface area contributed by atoms with Crippen LogP contribution in [0, 0.1) is 0 Å². The second-order valence-electron chi connectivity index (χ2n) is 7.64. The van der Waals surface area contributed by atoms with Gasteiger partial charge in [0.15, 0.2) is 0 Å². The van der Waals surface area contributed by atoms with Gasteiger partial charge in [-0.3, -0.25) is 13.9 Å². The molecule has 0 saturated carbocycles. The van der Waals surface area contributed by atoms with Gasteiger partial charge >= 0.3 is 0 Å². The van der Waals surface area contributed by atoms with E-state index in [0.717, 1.165) is 28.6 Å². The number of pyridine rings is 1. The molecule has 5 rings (SSSR count). The first kappa shape index (κ1) is 20.1. The fraction of sp³-hybridized carbons (Fsp3) is 0.261. The number of benzene rings is 1. The van der Waals surface area contributed by atoms with Gasteiger partial charge in [-0.2, -0.15) is 5.10 Å². The number of hydrogen-bond acceptors (Lipinski definition) is 6. The quantitative estimate of drug-likeness (QED) is 0.522. The van der Waals surface area contributed by atoms with E-state index in [4.69, 9.17) is 14.5 Å². The molecule has 1 aliphatic rings. The minimum Gasteiger partial charge on any atom is -0.497 e. The van der Waals surface area contributed by atoms with Crippen LogP contribution in [0.2, 0.25) is 0 Å². The molecule has 9 nitrogen and oxygen atoms in total. The lowest BCUT2D eigenvalue weighted by molar-refractivity contribution is -0.0247. The van der Waals surface area contributed by atoms with E-state index >= 15 is 0 Å². The van der Waals surface area contributed by atoms with Gasteiger partial charge in [0.2, 0.25) is 0 Å². The number of morpholine rings is 1. The van der Waals surface area contributed by atoms with Crippen LogP contribution in [0.25, 0.3) is 5.65 Å². The molecule has 1 aliphatic heterocycles. The van der Waals surface area contributed by atoms with E-state index in [2.05, 4.69) is 10.4 Å². The van der Waals surface area contributed by atoms with Gasteiger partial charge in [0.05, 0.1) is 26.0 Å². The number of hydrogen-bond donors (Lipinski definition) is 1. The van der Waals surface area contributed by atoms with Gasteiger partial charge in [-0.25, -0.2) is 4.98 Å². The van der Waals surface area contributed by atoms with Crippen molar-refractivity contribution in [2.45, 2.75) is 6.10 Å². The molecule has 1 saturated heterocycles. The number of methoxy groups -OCH3 is 1. The first-order valence-corrected chi connectivity index (χ1v) is 10.4. The standard InChI is InChI=1S/C23H24N6O3/c1-27-11-10-18(26-27)23(30)28-12-13-32-20(15-28)19-14-29-21(4-3-5-22(29)25-19)24-16-6-8-17(31-2)9-7-16/h3-11,14,20,24H,12-13,15H2,1-2H3/t20-/m0/s1. The first-order valence-electron chi connectivity index (χ1n) is 10.4. The molecule has 32 heavy (non-hydrogen) atoms. The van der Waals surface area contributed by atoms with Crippen LogP contribution in [0.4, 0.5) is 11.5 Å². The molecule has 1 N–H and O–H groups in total. The van der Waals surface area contributed by atoms with Gasteiger partial charge in [0, 0.05) is 31.7 Å². The summed E-state index contributed by atoms with van der Waals surface area (Å²) in [6.45, 7) is 1.41. The Morgan fingerprint density at radius 2 is 2.03 bits per heavy atom. The third-order valence-corrected chi connectivity index (χ3v) is 5.49. The summed E-state index contributed by atoms with van der Waals surface area (Å²) in [4.78, 5) is 19.3. The van der Waals surface area contributed by atoms with Crippen LogP contribution in [0.15, 0.2) is 60.9 Å². The van der Waals surface area contributed by atoms with Crippen molar-refractivity contribution in [3.63, 3.8) is 0 Å². The molecule has 1 atom stereocenters. The van der Waals surface area contributed by atoms with Crippen molar-refractivity contribution in [1.29, 1.82) is 0 Å². The van der Waals surface area contributed by atoms with E-state index in [1.165, 1.54) is 0 Å². The summed E-state index contributed by atoms with van der Waals surface area (Å²) in [5.41, 5.74) is 2.96. The second kappa shape index (κ2) is 8.35. The highest BCUT2D eigenvalue weighted by Crippen LogP contribution is 2.26. The Balaban J connectivity index is 1.37. The first-order chi connectivity index (χ1) is 15.6. The van der Waals surface area contributed by atoms with Crippen molar-refractivity contribution in [2.24, 2.45) is 7.05 Å². The molecular weight excluding hydrogens is 408 g/mol. The molecule has 1 amide bonds. The molecule has 4 heterocycles. The highest BCUT2D eigenvalue weighted by atomic mass is 16.5. The summed E-state index contributed by atoms with van der Waals surface area (Å²) < 4.78 is 14.8. The summed E-state index contributed by atoms with van der Waals surface area (Å²) >= 11 is 0. The minimum atomic E-state index is -0.301. The van der Waals surface area contributed by atoms with Crippen molar-refractivity contribution < 1.29 is 14.3 Å². The maximum Gasteiger partial charge on any atom is 0.274 e. The second-order valence-corrected chi connectivity index (χ2v) is 7.64. The van der Waals surface area contributed by atoms with Crippen molar-refractivity contribution in [3.8, 4) is 5.75 Å². The van der Waals surface area contributed by atoms with Crippen LogP contribution >= 0.6 is 0 Å². The largest absolute Gasteiger partial charge is 0.497 e. The molecule has 0 unspecified atom stereocenters. The van der Waals surface area contributed by atoms with Crippen LogP contribution in [0.3, 0.4) is 0 Å². The summed E-state index contributed by atoms with van der Waals surface area (Å²) in [5.74, 6) is 1.59. The molecule has 0 bridgehead atoms. The smallest absolute Gasteiger partial charge is 0.274 e. The molecule has 9 heteroatoms. The van der Waals surface area contributed by atoms with Gasteiger partial charge in [-0.1, -0.05) is 6.07 Å². The fourth-order valence-electron chi connectivity index (χ4n) is 3.81. The summed E-state index contributed by atoms with van der Waals surface area (Å²) in [7, 11) is 3.45. The van der Waals surface area contributed by atoms with Crippen molar-refractivity contribution in [2.75, 3.05) is 32.1 Å². The summed E-state index contributed by atoms with van der Waals surface area (Å²) in [6.07, 6.45) is 3.43. The Labute approximate surface area is 185 Å². The number of carbonyl (C=O) groups is 1. The molecule has 1 fully saturated rings. The summed E-state index contributed by atoms with van der Waals surface area (Å²) in [5, 5.41) is 7.65. The van der Waals surface area contributed by atoms with E-state index in [-0.39, 0.29) is 12.0 Å². The zero-order chi connectivity index (χ0) is 22.1. The van der Waals surface area contributed by atoms with Crippen LogP contribution in [-0.4, -0.2) is 56.8 Å². The zero-order valence-electron chi connectivity index (χ0n) is 17.9. The molecule has 0 spiro atoms. The van der Waals surface area contributed by atoms with Gasteiger partial charge in [-0.05, 0) is 42.5 Å². The Bertz CT molecular complexity index is 1250. The number of anilines is 2. The van der Waals surface area contributed by atoms with E-state index in [1.54, 1.807) is 36.0 Å². The third kappa shape index (κ3) is 3.90. The molecule has 0 radical (unpaired) electrons. The van der Waals surface area contributed by atoms with Gasteiger partial charge < -0.3 is 19.7 Å². The van der Waals surface area contributed by atoms with E-state index in [9.17, 15) is 4.79 Å². The highest BCUT2D eigenvalue weighted by molar-refractivity contribution is 5.92. The number of nitrogens with one attached hydrogen (secondary N) is 1. The van der Waals surface area contributed by atoms with Crippen molar-refractivity contribution in [3.05, 3.63) is 72.3 Å². The Morgan fingerprint density at radius 1 is 1.19 bits per heavy atom. The Kier molecular flexibility index (Phi) is 5.24. The molecule has 0 aliphatic carbocycles. The van der Waals surface area contributed by atoms with Crippen LogP contribution < -0.4 is 10.1 Å². The van der Waals surface area contributed by atoms with Gasteiger partial charge in [0.25, 0.3) is 5.91 Å². The molecule has 1 aromatic carbocycles. The van der Waals surface area contributed by atoms with Crippen molar-refractivity contribution >= 4 is 23.1 Å². The number of carbonyl (C=O) groups excluding carboxylic acids is 1. The lowest BCUT2D eigenvalue weighted by Gasteiger charge is -2.31. The molecule has 164 valence electrons. The van der Waals surface area contributed by atoms with Gasteiger partial charge in [0.1, 0.15) is 29.0 Å². The monoisotopic (exact) mass is 432 g/mol. The molecule has 3 aromatic heterocycles.